The van der Waals surface area contributed by atoms with Gasteiger partial charge in [-0.2, -0.15) is 0 Å². The fraction of sp³-hybridized carbons (Fsp3) is 0.143. The number of aryl methyl sites for hydroxylation is 1. The summed E-state index contributed by atoms with van der Waals surface area (Å²) in [5, 5.41) is 10.9. The van der Waals surface area contributed by atoms with Crippen molar-refractivity contribution in [1.29, 1.82) is 0 Å². The molecule has 5 heteroatoms. The number of fused-ring (bicyclic) bond motifs is 1. The number of aliphatic hydroxyl groups is 1. The number of aliphatic hydroxyl groups excluding tert-OH is 1. The Morgan fingerprint density at radius 2 is 2.11 bits per heavy atom. The van der Waals surface area contributed by atoms with Crippen LogP contribution in [0.3, 0.4) is 0 Å². The summed E-state index contributed by atoms with van der Waals surface area (Å²) in [6.45, 7) is 1.58. The molecule has 0 spiro atoms. The Morgan fingerprint density at radius 3 is 2.74 bits per heavy atom. The Morgan fingerprint density at radius 1 is 1.37 bits per heavy atom. The van der Waals surface area contributed by atoms with Gasteiger partial charge in [-0.05, 0) is 6.92 Å². The molecule has 0 unspecified atom stereocenters. The number of imidazole rings is 1. The fourth-order valence-corrected chi connectivity index (χ4v) is 2.80. The second-order valence-corrected chi connectivity index (χ2v) is 5.15. The van der Waals surface area contributed by atoms with E-state index in [-0.39, 0.29) is 5.78 Å². The predicted molar refractivity (Wildman–Crippen MR) is 74.7 cm³/mol. The molecule has 0 atom stereocenters. The van der Waals surface area contributed by atoms with Gasteiger partial charge in [-0.1, -0.05) is 24.3 Å². The lowest BCUT2D eigenvalue weighted by Crippen LogP contribution is -2.03. The lowest BCUT2D eigenvalue weighted by Gasteiger charge is -1.99. The summed E-state index contributed by atoms with van der Waals surface area (Å²) in [7, 11) is 0. The van der Waals surface area contributed by atoms with E-state index in [0.717, 1.165) is 21.9 Å². The van der Waals surface area contributed by atoms with E-state index < -0.39 is 6.61 Å². The fourth-order valence-electron chi connectivity index (χ4n) is 1.95. The quantitative estimate of drug-likeness (QED) is 0.745. The van der Waals surface area contributed by atoms with Gasteiger partial charge in [-0.15, -0.1) is 11.3 Å². The maximum atomic E-state index is 11.3. The van der Waals surface area contributed by atoms with Gasteiger partial charge in [0.25, 0.3) is 0 Å². The molecule has 3 aromatic rings. The highest BCUT2D eigenvalue weighted by molar-refractivity contribution is 7.15. The molecule has 1 N–H and O–H groups in total. The summed E-state index contributed by atoms with van der Waals surface area (Å²) >= 11 is 1.61. The summed E-state index contributed by atoms with van der Waals surface area (Å²) in [5.41, 5.74) is 3.53. The first kappa shape index (κ1) is 12.1. The van der Waals surface area contributed by atoms with Crippen molar-refractivity contribution in [3.8, 4) is 11.3 Å². The smallest absolute Gasteiger partial charge is 0.194 e. The molecule has 0 bridgehead atoms. The minimum atomic E-state index is -0.460. The number of hydrogen-bond donors (Lipinski definition) is 1. The van der Waals surface area contributed by atoms with Crippen molar-refractivity contribution < 1.29 is 9.90 Å². The van der Waals surface area contributed by atoms with Gasteiger partial charge in [0.15, 0.2) is 10.7 Å². The zero-order valence-electron chi connectivity index (χ0n) is 10.3. The van der Waals surface area contributed by atoms with E-state index in [1.165, 1.54) is 0 Å². The molecule has 0 saturated heterocycles. The molecule has 2 heterocycles. The maximum Gasteiger partial charge on any atom is 0.194 e. The van der Waals surface area contributed by atoms with Gasteiger partial charge < -0.3 is 5.11 Å². The minimum Gasteiger partial charge on any atom is -0.388 e. The summed E-state index contributed by atoms with van der Waals surface area (Å²) in [5.74, 6) is -0.270. The SMILES string of the molecule is Cc1csc2nc(-c3ccc(C(=O)CO)cc3)cn12. The molecule has 0 aliphatic rings. The number of benzene rings is 1. The normalized spacial score (nSPS) is 11.1. The van der Waals surface area contributed by atoms with Crippen molar-refractivity contribution in [2.75, 3.05) is 6.61 Å². The van der Waals surface area contributed by atoms with Gasteiger partial charge in [-0.25, -0.2) is 4.98 Å². The van der Waals surface area contributed by atoms with E-state index in [1.54, 1.807) is 23.5 Å². The molecule has 0 aliphatic carbocycles. The molecule has 0 aliphatic heterocycles. The van der Waals surface area contributed by atoms with E-state index in [2.05, 4.69) is 10.4 Å². The molecular weight excluding hydrogens is 260 g/mol. The first-order valence-corrected chi connectivity index (χ1v) is 6.74. The first-order chi connectivity index (χ1) is 9.19. The monoisotopic (exact) mass is 272 g/mol. The van der Waals surface area contributed by atoms with Crippen LogP contribution in [-0.2, 0) is 0 Å². The molecule has 0 saturated carbocycles. The highest BCUT2D eigenvalue weighted by atomic mass is 32.1. The molecule has 96 valence electrons. The highest BCUT2D eigenvalue weighted by Crippen LogP contribution is 2.23. The molecule has 1 aromatic carbocycles. The van der Waals surface area contributed by atoms with Crippen LogP contribution in [0.25, 0.3) is 16.2 Å². The van der Waals surface area contributed by atoms with Crippen LogP contribution in [0.15, 0.2) is 35.8 Å². The van der Waals surface area contributed by atoms with Crippen LogP contribution in [0.4, 0.5) is 0 Å². The van der Waals surface area contributed by atoms with Crippen LogP contribution in [0.1, 0.15) is 16.1 Å². The number of hydrogen-bond acceptors (Lipinski definition) is 4. The number of nitrogens with zero attached hydrogens (tertiary/aromatic N) is 2. The number of thiazole rings is 1. The maximum absolute atomic E-state index is 11.3. The van der Waals surface area contributed by atoms with Crippen LogP contribution in [-0.4, -0.2) is 26.9 Å². The number of Topliss-reactive ketones (excluding diaryl/α,β-unsaturated/α-hetero) is 1. The van der Waals surface area contributed by atoms with E-state index in [9.17, 15) is 4.79 Å². The summed E-state index contributed by atoms with van der Waals surface area (Å²) in [4.78, 5) is 16.8. The molecule has 0 radical (unpaired) electrons. The van der Waals surface area contributed by atoms with E-state index in [0.29, 0.717) is 5.56 Å². The molecule has 4 nitrogen and oxygen atoms in total. The number of carbonyl (C=O) groups is 1. The molecular formula is C14H12N2O2S. The summed E-state index contributed by atoms with van der Waals surface area (Å²) in [6, 6.07) is 7.14. The van der Waals surface area contributed by atoms with Gasteiger partial charge in [0.05, 0.1) is 5.69 Å². The third-order valence-corrected chi connectivity index (χ3v) is 3.99. The predicted octanol–water partition coefficient (Wildman–Crippen LogP) is 2.55. The number of carbonyl (C=O) groups excluding carboxylic acids is 1. The Bertz CT molecular complexity index is 740. The number of rotatable bonds is 3. The zero-order valence-corrected chi connectivity index (χ0v) is 11.1. The van der Waals surface area contributed by atoms with Crippen LogP contribution < -0.4 is 0 Å². The summed E-state index contributed by atoms with van der Waals surface area (Å²) < 4.78 is 2.05. The Kier molecular flexibility index (Phi) is 2.93. The minimum absolute atomic E-state index is 0.270. The van der Waals surface area contributed by atoms with Crippen molar-refractivity contribution >= 4 is 22.1 Å². The van der Waals surface area contributed by atoms with Gasteiger partial charge in [0.1, 0.15) is 6.61 Å². The van der Waals surface area contributed by atoms with Crippen LogP contribution in [0, 0.1) is 6.92 Å². The van der Waals surface area contributed by atoms with Crippen LogP contribution in [0.2, 0.25) is 0 Å². The van der Waals surface area contributed by atoms with Gasteiger partial charge in [0.2, 0.25) is 0 Å². The van der Waals surface area contributed by atoms with Crippen LogP contribution >= 0.6 is 11.3 Å². The van der Waals surface area contributed by atoms with Gasteiger partial charge in [-0.3, -0.25) is 9.20 Å². The standard InChI is InChI=1S/C14H12N2O2S/c1-9-8-19-14-15-12(6-16(9)14)10-2-4-11(5-3-10)13(18)7-17/h2-6,8,17H,7H2,1H3. The van der Waals surface area contributed by atoms with Crippen molar-refractivity contribution in [2.45, 2.75) is 6.92 Å². The number of aromatic nitrogens is 2. The zero-order chi connectivity index (χ0) is 13.4. The van der Waals surface area contributed by atoms with Gasteiger partial charge in [0, 0.05) is 28.4 Å². The molecule has 19 heavy (non-hydrogen) atoms. The molecule has 3 rings (SSSR count). The van der Waals surface area contributed by atoms with Crippen molar-refractivity contribution in [3.63, 3.8) is 0 Å². The molecule has 2 aromatic heterocycles. The largest absolute Gasteiger partial charge is 0.388 e. The molecule has 0 amide bonds. The van der Waals surface area contributed by atoms with Gasteiger partial charge >= 0.3 is 0 Å². The number of ketones is 1. The highest BCUT2D eigenvalue weighted by Gasteiger charge is 2.09. The lowest BCUT2D eigenvalue weighted by molar-refractivity contribution is 0.0904. The van der Waals surface area contributed by atoms with Crippen molar-refractivity contribution in [3.05, 3.63) is 47.1 Å². The topological polar surface area (TPSA) is 54.6 Å². The van der Waals surface area contributed by atoms with Crippen molar-refractivity contribution in [1.82, 2.24) is 9.38 Å². The average Bonchev–Trinajstić information content (AvgIpc) is 3.01. The van der Waals surface area contributed by atoms with Crippen molar-refractivity contribution in [2.24, 2.45) is 0 Å². The van der Waals surface area contributed by atoms with E-state index in [4.69, 9.17) is 5.11 Å². The Balaban J connectivity index is 1.99. The first-order valence-electron chi connectivity index (χ1n) is 5.87. The Hall–Kier alpha value is -1.98. The molecule has 0 fully saturated rings. The van der Waals surface area contributed by atoms with E-state index in [1.807, 2.05) is 29.7 Å². The van der Waals surface area contributed by atoms with E-state index >= 15 is 0 Å². The second kappa shape index (κ2) is 4.60. The van der Waals surface area contributed by atoms with Crippen LogP contribution in [0.5, 0.6) is 0 Å². The third-order valence-electron chi connectivity index (χ3n) is 3.03. The third kappa shape index (κ3) is 2.07. The average molecular weight is 272 g/mol. The summed E-state index contributed by atoms with van der Waals surface area (Å²) in [6.07, 6.45) is 1.99. The second-order valence-electron chi connectivity index (χ2n) is 4.31. The Labute approximate surface area is 114 Å². The lowest BCUT2D eigenvalue weighted by atomic mass is 10.1.